The van der Waals surface area contributed by atoms with Crippen LogP contribution in [0.5, 0.6) is 0 Å². The largest absolute Gasteiger partial charge is 0.448 e. The monoisotopic (exact) mass is 429 g/mol. The molecule has 31 heavy (non-hydrogen) atoms. The third-order valence-corrected chi connectivity index (χ3v) is 6.91. The van der Waals surface area contributed by atoms with Gasteiger partial charge in [-0.25, -0.2) is 4.39 Å². The minimum absolute atomic E-state index is 0.00861. The summed E-state index contributed by atoms with van der Waals surface area (Å²) in [6, 6.07) is 1.72. The van der Waals surface area contributed by atoms with Gasteiger partial charge in [-0.2, -0.15) is 0 Å². The van der Waals surface area contributed by atoms with Gasteiger partial charge in [0.2, 0.25) is 18.0 Å². The maximum Gasteiger partial charge on any atom is 0.256 e. The Balaban J connectivity index is 1.30. The van der Waals surface area contributed by atoms with Gasteiger partial charge in [-0.15, -0.1) is 5.10 Å². The van der Waals surface area contributed by atoms with Gasteiger partial charge >= 0.3 is 0 Å². The van der Waals surface area contributed by atoms with Crippen molar-refractivity contribution < 1.29 is 18.7 Å². The Bertz CT molecular complexity index is 916. The summed E-state index contributed by atoms with van der Waals surface area (Å²) in [6.45, 7) is 1.80. The molecule has 0 aromatic carbocycles. The van der Waals surface area contributed by atoms with Crippen molar-refractivity contribution in [2.45, 2.75) is 82.9 Å². The average molecular weight is 429 g/mol. The number of nitrogens with one attached hydrogen (secondary N) is 2. The van der Waals surface area contributed by atoms with Gasteiger partial charge in [-0.05, 0) is 38.7 Å². The van der Waals surface area contributed by atoms with Crippen molar-refractivity contribution in [1.29, 1.82) is 0 Å². The molecule has 0 saturated heterocycles. The number of nitrogens with zero attached hydrogens (tertiary/aromatic N) is 3. The molecular weight excluding hydrogens is 401 g/mol. The highest BCUT2D eigenvalue weighted by molar-refractivity contribution is 5.98. The molecule has 2 aliphatic carbocycles. The molecule has 2 N–H and O–H groups in total. The van der Waals surface area contributed by atoms with E-state index in [2.05, 4.69) is 20.8 Å². The van der Waals surface area contributed by atoms with Gasteiger partial charge in [0.25, 0.3) is 5.91 Å². The molecule has 0 spiro atoms. The fourth-order valence-corrected chi connectivity index (χ4v) is 4.86. The first-order chi connectivity index (χ1) is 15.0. The maximum absolute atomic E-state index is 13.4. The number of hydrogen-bond donors (Lipinski definition) is 2. The number of ether oxygens (including phenoxy) is 1. The van der Waals surface area contributed by atoms with Gasteiger partial charge in [0.05, 0.1) is 23.8 Å². The van der Waals surface area contributed by atoms with Crippen molar-refractivity contribution in [2.75, 3.05) is 0 Å². The molecule has 4 aliphatic rings. The number of pyridine rings is 1. The Kier molecular flexibility index (Phi) is 5.27. The predicted molar refractivity (Wildman–Crippen MR) is 111 cm³/mol. The fourth-order valence-electron chi connectivity index (χ4n) is 4.86. The highest BCUT2D eigenvalue weighted by Gasteiger charge is 2.40. The van der Waals surface area contributed by atoms with E-state index in [-0.39, 0.29) is 35.7 Å². The first-order valence-electron chi connectivity index (χ1n) is 11.2. The van der Waals surface area contributed by atoms with E-state index in [0.29, 0.717) is 17.7 Å². The van der Waals surface area contributed by atoms with Crippen LogP contribution in [0, 0.1) is 5.92 Å². The molecule has 1 aromatic heterocycles. The van der Waals surface area contributed by atoms with Crippen LogP contribution in [0.2, 0.25) is 0 Å². The third kappa shape index (κ3) is 3.74. The second-order valence-corrected chi connectivity index (χ2v) is 8.98. The molecule has 0 radical (unpaired) electrons. The third-order valence-electron chi connectivity index (χ3n) is 6.91. The van der Waals surface area contributed by atoms with Crippen molar-refractivity contribution in [3.05, 3.63) is 29.1 Å². The number of hydrazone groups is 1. The first kappa shape index (κ1) is 20.2. The summed E-state index contributed by atoms with van der Waals surface area (Å²) in [5, 5.41) is 7.10. The van der Waals surface area contributed by atoms with Crippen molar-refractivity contribution >= 4 is 17.7 Å². The number of rotatable bonds is 5. The fraction of sp³-hybridized carbons (Fsp3) is 0.636. The lowest BCUT2D eigenvalue weighted by Gasteiger charge is -2.39. The van der Waals surface area contributed by atoms with Gasteiger partial charge < -0.3 is 15.0 Å². The van der Waals surface area contributed by atoms with E-state index in [4.69, 9.17) is 4.74 Å². The predicted octanol–water partition coefficient (Wildman–Crippen LogP) is 2.55. The van der Waals surface area contributed by atoms with E-state index in [0.717, 1.165) is 50.6 Å². The number of halogens is 1. The SMILES string of the molecule is CC(F)C1=NNC(c2cnc3c(c2)C(=O)N([C@@H]2CCCC[C@H]2NC(=O)C2CCC2)C3)O1. The van der Waals surface area contributed by atoms with Gasteiger partial charge in [0, 0.05) is 23.7 Å². The van der Waals surface area contributed by atoms with Crippen molar-refractivity contribution in [3.8, 4) is 0 Å². The summed E-state index contributed by atoms with van der Waals surface area (Å²) in [7, 11) is 0. The van der Waals surface area contributed by atoms with Crippen LogP contribution in [-0.2, 0) is 16.1 Å². The molecule has 4 atom stereocenters. The lowest BCUT2D eigenvalue weighted by molar-refractivity contribution is -0.128. The molecule has 9 heteroatoms. The first-order valence-corrected chi connectivity index (χ1v) is 11.2. The van der Waals surface area contributed by atoms with Crippen LogP contribution in [0.3, 0.4) is 0 Å². The lowest BCUT2D eigenvalue weighted by Crippen LogP contribution is -2.54. The zero-order chi connectivity index (χ0) is 21.5. The van der Waals surface area contributed by atoms with Gasteiger partial charge in [-0.1, -0.05) is 19.3 Å². The molecule has 2 fully saturated rings. The summed E-state index contributed by atoms with van der Waals surface area (Å²) < 4.78 is 18.9. The molecule has 166 valence electrons. The molecular formula is C22H28FN5O3. The quantitative estimate of drug-likeness (QED) is 0.750. The van der Waals surface area contributed by atoms with Crippen molar-refractivity contribution in [2.24, 2.45) is 11.0 Å². The van der Waals surface area contributed by atoms with E-state index >= 15 is 0 Å². The normalized spacial score (nSPS) is 28.8. The minimum Gasteiger partial charge on any atom is -0.448 e. The van der Waals surface area contributed by atoms with Crippen LogP contribution in [0.4, 0.5) is 4.39 Å². The topological polar surface area (TPSA) is 95.9 Å². The summed E-state index contributed by atoms with van der Waals surface area (Å²) in [6.07, 6.45) is 6.60. The Morgan fingerprint density at radius 1 is 1.29 bits per heavy atom. The Morgan fingerprint density at radius 2 is 2.10 bits per heavy atom. The number of carbonyl (C=O) groups excluding carboxylic acids is 2. The average Bonchev–Trinajstić information content (AvgIpc) is 3.32. The molecule has 3 heterocycles. The van der Waals surface area contributed by atoms with E-state index in [1.807, 2.05) is 4.90 Å². The standard InChI is InChI=1S/C22H28FN5O3/c1-12(23)20-26-27-21(31-20)14-9-15-17(24-10-14)11-28(22(15)30)18-8-3-2-7-16(18)25-19(29)13-5-4-6-13/h9-10,12-13,16,18,21,27H,2-8,11H2,1H3,(H,25,29)/t12?,16-,18-,21?/m1/s1. The smallest absolute Gasteiger partial charge is 0.256 e. The van der Waals surface area contributed by atoms with E-state index in [9.17, 15) is 14.0 Å². The molecule has 2 unspecified atom stereocenters. The molecule has 2 saturated carbocycles. The maximum atomic E-state index is 13.4. The van der Waals surface area contributed by atoms with Crippen LogP contribution in [0.1, 0.15) is 79.7 Å². The summed E-state index contributed by atoms with van der Waals surface area (Å²) >= 11 is 0. The number of alkyl halides is 1. The number of hydrogen-bond acceptors (Lipinski definition) is 6. The summed E-state index contributed by atoms with van der Waals surface area (Å²) in [5.74, 6) is 0.189. The Hall–Kier alpha value is -2.71. The van der Waals surface area contributed by atoms with Crippen LogP contribution in [0.15, 0.2) is 17.4 Å². The lowest BCUT2D eigenvalue weighted by atomic mass is 9.83. The molecule has 2 amide bonds. The second-order valence-electron chi connectivity index (χ2n) is 8.98. The van der Waals surface area contributed by atoms with Gasteiger partial charge in [-0.3, -0.25) is 20.0 Å². The molecule has 8 nitrogen and oxygen atoms in total. The minimum atomic E-state index is -1.31. The molecule has 1 aromatic rings. The van der Waals surface area contributed by atoms with Crippen LogP contribution in [-0.4, -0.2) is 45.9 Å². The molecule has 5 rings (SSSR count). The van der Waals surface area contributed by atoms with Crippen LogP contribution in [0.25, 0.3) is 0 Å². The van der Waals surface area contributed by atoms with Crippen molar-refractivity contribution in [1.82, 2.24) is 20.6 Å². The zero-order valence-corrected chi connectivity index (χ0v) is 17.6. The number of aromatic nitrogens is 1. The zero-order valence-electron chi connectivity index (χ0n) is 17.6. The molecule has 0 bridgehead atoms. The highest BCUT2D eigenvalue weighted by atomic mass is 19.1. The Morgan fingerprint density at radius 3 is 2.81 bits per heavy atom. The van der Waals surface area contributed by atoms with E-state index in [1.165, 1.54) is 6.92 Å². The number of carbonyl (C=O) groups is 2. The summed E-state index contributed by atoms with van der Waals surface area (Å²) in [4.78, 5) is 32.2. The van der Waals surface area contributed by atoms with Crippen LogP contribution < -0.4 is 10.7 Å². The van der Waals surface area contributed by atoms with Crippen LogP contribution >= 0.6 is 0 Å². The van der Waals surface area contributed by atoms with Gasteiger partial charge in [0.15, 0.2) is 6.17 Å². The summed E-state index contributed by atoms with van der Waals surface area (Å²) in [5.41, 5.74) is 4.64. The van der Waals surface area contributed by atoms with E-state index < -0.39 is 12.4 Å². The van der Waals surface area contributed by atoms with Crippen molar-refractivity contribution in [3.63, 3.8) is 0 Å². The Labute approximate surface area is 180 Å². The van der Waals surface area contributed by atoms with E-state index in [1.54, 1.807) is 12.3 Å². The second kappa shape index (κ2) is 8.09. The van der Waals surface area contributed by atoms with Gasteiger partial charge in [0.1, 0.15) is 0 Å². The number of amides is 2. The molecule has 2 aliphatic heterocycles. The highest BCUT2D eigenvalue weighted by Crippen LogP contribution is 2.33. The number of fused-ring (bicyclic) bond motifs is 1.